The van der Waals surface area contributed by atoms with Crippen LogP contribution < -0.4 is 14.8 Å². The third kappa shape index (κ3) is 5.57. The van der Waals surface area contributed by atoms with Crippen molar-refractivity contribution in [3.05, 3.63) is 78.3 Å². The average Bonchev–Trinajstić information content (AvgIpc) is 3.56. The first kappa shape index (κ1) is 23.7. The molecule has 1 atom stereocenters. The van der Waals surface area contributed by atoms with Crippen molar-refractivity contribution in [2.24, 2.45) is 0 Å². The van der Waals surface area contributed by atoms with Crippen LogP contribution >= 0.6 is 0 Å². The first-order valence-electron chi connectivity index (χ1n) is 11.4. The number of carbonyl (C=O) groups is 1. The number of tetrazole rings is 1. The summed E-state index contributed by atoms with van der Waals surface area (Å²) in [5, 5.41) is 15.1. The standard InChI is InChI=1S/C26H27N5O4/c1-4-33-23-14-13-20(16-24(23)34-5-2)18(3)27-26(32)22(17-21-12-9-15-35-21)31-25(28-29-30-31)19-10-7-6-8-11-19/h6-18H,4-5H2,1-3H3,(H,27,32)/b22-17-. The first-order chi connectivity index (χ1) is 17.1. The lowest BCUT2D eigenvalue weighted by atomic mass is 10.1. The van der Waals surface area contributed by atoms with Gasteiger partial charge in [0.1, 0.15) is 11.5 Å². The second kappa shape index (κ2) is 11.1. The van der Waals surface area contributed by atoms with E-state index in [9.17, 15) is 4.79 Å². The molecule has 0 aliphatic carbocycles. The van der Waals surface area contributed by atoms with Crippen LogP contribution in [-0.4, -0.2) is 39.3 Å². The van der Waals surface area contributed by atoms with Gasteiger partial charge in [0.25, 0.3) is 5.91 Å². The molecule has 1 amide bonds. The van der Waals surface area contributed by atoms with Crippen LogP contribution in [0.2, 0.25) is 0 Å². The van der Waals surface area contributed by atoms with Gasteiger partial charge in [0.2, 0.25) is 0 Å². The lowest BCUT2D eigenvalue weighted by Gasteiger charge is -2.18. The maximum Gasteiger partial charge on any atom is 0.270 e. The van der Waals surface area contributed by atoms with Gasteiger partial charge in [0, 0.05) is 11.6 Å². The first-order valence-corrected chi connectivity index (χ1v) is 11.4. The Balaban J connectivity index is 1.65. The highest BCUT2D eigenvalue weighted by Crippen LogP contribution is 2.31. The SMILES string of the molecule is CCOc1ccc(C(C)NC(=O)/C(=C/c2ccco2)n2nnnc2-c2ccccc2)cc1OCC. The fourth-order valence-corrected chi connectivity index (χ4v) is 3.54. The highest BCUT2D eigenvalue weighted by atomic mass is 16.5. The summed E-state index contributed by atoms with van der Waals surface area (Å²) in [6.07, 6.45) is 3.14. The van der Waals surface area contributed by atoms with Crippen LogP contribution in [-0.2, 0) is 4.79 Å². The predicted octanol–water partition coefficient (Wildman–Crippen LogP) is 4.61. The van der Waals surface area contributed by atoms with Crippen molar-refractivity contribution < 1.29 is 18.7 Å². The highest BCUT2D eigenvalue weighted by Gasteiger charge is 2.22. The molecule has 2 aromatic heterocycles. The zero-order valence-electron chi connectivity index (χ0n) is 19.8. The molecule has 1 N–H and O–H groups in total. The number of rotatable bonds is 10. The van der Waals surface area contributed by atoms with Crippen molar-refractivity contribution in [3.8, 4) is 22.9 Å². The van der Waals surface area contributed by atoms with Crippen LogP contribution in [0.1, 0.15) is 38.1 Å². The summed E-state index contributed by atoms with van der Waals surface area (Å²) in [7, 11) is 0. The number of aromatic nitrogens is 4. The number of hydrogen-bond donors (Lipinski definition) is 1. The molecule has 0 spiro atoms. The fourth-order valence-electron chi connectivity index (χ4n) is 3.54. The average molecular weight is 474 g/mol. The highest BCUT2D eigenvalue weighted by molar-refractivity contribution is 6.18. The topological polar surface area (TPSA) is 104 Å². The molecule has 9 nitrogen and oxygen atoms in total. The predicted molar refractivity (Wildman–Crippen MR) is 131 cm³/mol. The molecule has 4 aromatic rings. The van der Waals surface area contributed by atoms with Crippen molar-refractivity contribution in [1.82, 2.24) is 25.5 Å². The van der Waals surface area contributed by atoms with Crippen molar-refractivity contribution in [2.45, 2.75) is 26.8 Å². The molecule has 1 unspecified atom stereocenters. The van der Waals surface area contributed by atoms with Crippen molar-refractivity contribution >= 4 is 17.7 Å². The molecule has 2 heterocycles. The van der Waals surface area contributed by atoms with Gasteiger partial charge in [-0.15, -0.1) is 5.10 Å². The summed E-state index contributed by atoms with van der Waals surface area (Å²) in [5.74, 6) is 1.86. The molecule has 4 rings (SSSR count). The smallest absolute Gasteiger partial charge is 0.270 e. The molecule has 0 saturated carbocycles. The molecule has 0 saturated heterocycles. The van der Waals surface area contributed by atoms with Crippen LogP contribution in [0.5, 0.6) is 11.5 Å². The fraction of sp³-hybridized carbons (Fsp3) is 0.231. The second-order valence-electron chi connectivity index (χ2n) is 7.59. The van der Waals surface area contributed by atoms with Gasteiger partial charge in [-0.25, -0.2) is 0 Å². The Morgan fingerprint density at radius 1 is 1.06 bits per heavy atom. The molecule has 0 aliphatic rings. The number of carbonyl (C=O) groups excluding carboxylic acids is 1. The van der Waals surface area contributed by atoms with Gasteiger partial charge in [0.05, 0.1) is 25.5 Å². The van der Waals surface area contributed by atoms with Gasteiger partial charge in [-0.2, -0.15) is 4.68 Å². The Morgan fingerprint density at radius 3 is 2.54 bits per heavy atom. The van der Waals surface area contributed by atoms with Crippen molar-refractivity contribution in [1.29, 1.82) is 0 Å². The maximum atomic E-state index is 13.5. The quantitative estimate of drug-likeness (QED) is 0.336. The zero-order valence-corrected chi connectivity index (χ0v) is 19.8. The third-order valence-corrected chi connectivity index (χ3v) is 5.20. The van der Waals surface area contributed by atoms with Crippen LogP contribution in [0.15, 0.2) is 71.3 Å². The number of hydrogen-bond acceptors (Lipinski definition) is 7. The summed E-state index contributed by atoms with van der Waals surface area (Å²) in [6.45, 7) is 6.76. The molecule has 9 heteroatoms. The van der Waals surface area contributed by atoms with Gasteiger partial charge in [-0.3, -0.25) is 4.79 Å². The van der Waals surface area contributed by atoms with Crippen molar-refractivity contribution in [2.75, 3.05) is 13.2 Å². The van der Waals surface area contributed by atoms with Crippen LogP contribution in [0, 0.1) is 0 Å². The third-order valence-electron chi connectivity index (χ3n) is 5.20. The molecule has 0 bridgehead atoms. The minimum absolute atomic E-state index is 0.214. The van der Waals surface area contributed by atoms with E-state index < -0.39 is 0 Å². The minimum Gasteiger partial charge on any atom is -0.490 e. The van der Waals surface area contributed by atoms with Gasteiger partial charge >= 0.3 is 0 Å². The molecule has 35 heavy (non-hydrogen) atoms. The summed E-state index contributed by atoms with van der Waals surface area (Å²) in [6, 6.07) is 18.2. The molecule has 0 fully saturated rings. The Labute approximate surface area is 203 Å². The summed E-state index contributed by atoms with van der Waals surface area (Å²) in [4.78, 5) is 13.5. The number of amides is 1. The maximum absolute atomic E-state index is 13.5. The van der Waals surface area contributed by atoms with Crippen LogP contribution in [0.4, 0.5) is 0 Å². The molecule has 0 aliphatic heterocycles. The molecule has 180 valence electrons. The van der Waals surface area contributed by atoms with E-state index in [1.807, 2.05) is 69.3 Å². The lowest BCUT2D eigenvalue weighted by Crippen LogP contribution is -2.30. The summed E-state index contributed by atoms with van der Waals surface area (Å²) >= 11 is 0. The Kier molecular flexibility index (Phi) is 7.57. The van der Waals surface area contributed by atoms with Crippen LogP contribution in [0.25, 0.3) is 23.2 Å². The van der Waals surface area contributed by atoms with Gasteiger partial charge in [-0.05, 0) is 61.0 Å². The zero-order chi connectivity index (χ0) is 24.6. The van der Waals surface area contributed by atoms with E-state index >= 15 is 0 Å². The van der Waals surface area contributed by atoms with E-state index in [-0.39, 0.29) is 17.6 Å². The summed E-state index contributed by atoms with van der Waals surface area (Å²) in [5.41, 5.74) is 1.85. The Hall–Kier alpha value is -4.40. The van der Waals surface area contributed by atoms with Crippen LogP contribution in [0.3, 0.4) is 0 Å². The number of benzene rings is 2. The van der Waals surface area contributed by atoms with Gasteiger partial charge in [0.15, 0.2) is 17.3 Å². The van der Waals surface area contributed by atoms with E-state index in [0.717, 1.165) is 11.1 Å². The van der Waals surface area contributed by atoms with E-state index in [2.05, 4.69) is 20.8 Å². The molecule has 2 aromatic carbocycles. The van der Waals surface area contributed by atoms with E-state index in [4.69, 9.17) is 13.9 Å². The molecule has 0 radical (unpaired) electrons. The summed E-state index contributed by atoms with van der Waals surface area (Å²) < 4.78 is 18.2. The van der Waals surface area contributed by atoms with Gasteiger partial charge in [-0.1, -0.05) is 36.4 Å². The van der Waals surface area contributed by atoms with Gasteiger partial charge < -0.3 is 19.2 Å². The number of ether oxygens (including phenoxy) is 2. The van der Waals surface area contributed by atoms with E-state index in [0.29, 0.717) is 36.3 Å². The normalized spacial score (nSPS) is 12.3. The number of furan rings is 1. The number of nitrogens with one attached hydrogen (secondary N) is 1. The number of nitrogens with zero attached hydrogens (tertiary/aromatic N) is 4. The Bertz CT molecular complexity index is 1280. The Morgan fingerprint density at radius 2 is 1.83 bits per heavy atom. The molecular formula is C26H27N5O4. The monoisotopic (exact) mass is 473 g/mol. The van der Waals surface area contributed by atoms with E-state index in [1.54, 1.807) is 18.2 Å². The minimum atomic E-state index is -0.370. The van der Waals surface area contributed by atoms with E-state index in [1.165, 1.54) is 10.9 Å². The van der Waals surface area contributed by atoms with Crippen molar-refractivity contribution in [3.63, 3.8) is 0 Å². The largest absolute Gasteiger partial charge is 0.490 e. The lowest BCUT2D eigenvalue weighted by molar-refractivity contribution is -0.116. The second-order valence-corrected chi connectivity index (χ2v) is 7.59. The molecular weight excluding hydrogens is 446 g/mol.